The smallest absolute Gasteiger partial charge is 0.266 e. The Labute approximate surface area is 166 Å². The van der Waals surface area contributed by atoms with E-state index in [1.165, 1.54) is 4.57 Å². The molecular formula is C19H19ClN4O2S. The van der Waals surface area contributed by atoms with Crippen molar-refractivity contribution in [3.05, 3.63) is 68.2 Å². The number of H-pyrrole nitrogens is 1. The molecule has 0 fully saturated rings. The molecule has 0 aliphatic carbocycles. The summed E-state index contributed by atoms with van der Waals surface area (Å²) in [6.45, 7) is 1.27. The Hall–Kier alpha value is -2.48. The zero-order valence-corrected chi connectivity index (χ0v) is 16.5. The standard InChI is InChI=1S/C19H19ClN4O2S/c1-23(2)9-8-21-17(25)12-4-3-5-14(10-12)24-18(26)15-7-6-13(20)11-16(15)22-19(24)27/h3-7,10-11H,8-9H2,1-2H3,(H,21,25)(H,22,27). The van der Waals surface area contributed by atoms with Crippen LogP contribution >= 0.6 is 23.8 Å². The first-order valence-electron chi connectivity index (χ1n) is 8.35. The van der Waals surface area contributed by atoms with Gasteiger partial charge in [0, 0.05) is 23.7 Å². The predicted octanol–water partition coefficient (Wildman–Crippen LogP) is 2.99. The maximum atomic E-state index is 12.9. The van der Waals surface area contributed by atoms with Gasteiger partial charge in [-0.05, 0) is 62.7 Å². The third-order valence-electron chi connectivity index (χ3n) is 4.07. The van der Waals surface area contributed by atoms with Gasteiger partial charge in [0.15, 0.2) is 4.77 Å². The van der Waals surface area contributed by atoms with Crippen molar-refractivity contribution >= 4 is 40.6 Å². The van der Waals surface area contributed by atoms with Crippen molar-refractivity contribution in [3.63, 3.8) is 0 Å². The highest BCUT2D eigenvalue weighted by molar-refractivity contribution is 7.71. The van der Waals surface area contributed by atoms with Crippen LogP contribution in [0.25, 0.3) is 16.6 Å². The molecule has 0 saturated heterocycles. The Morgan fingerprint density at radius 1 is 1.26 bits per heavy atom. The Morgan fingerprint density at radius 2 is 2.04 bits per heavy atom. The molecule has 0 radical (unpaired) electrons. The Bertz CT molecular complexity index is 1120. The van der Waals surface area contributed by atoms with E-state index < -0.39 is 0 Å². The number of fused-ring (bicyclic) bond motifs is 1. The highest BCUT2D eigenvalue weighted by Crippen LogP contribution is 2.16. The van der Waals surface area contributed by atoms with Gasteiger partial charge >= 0.3 is 0 Å². The van der Waals surface area contributed by atoms with Crippen LogP contribution in [0.5, 0.6) is 0 Å². The number of nitrogens with one attached hydrogen (secondary N) is 2. The molecule has 1 amide bonds. The van der Waals surface area contributed by atoms with Gasteiger partial charge in [-0.25, -0.2) is 0 Å². The first-order valence-corrected chi connectivity index (χ1v) is 9.13. The molecular weight excluding hydrogens is 384 g/mol. The fourth-order valence-electron chi connectivity index (χ4n) is 2.71. The van der Waals surface area contributed by atoms with Crippen molar-refractivity contribution in [2.45, 2.75) is 0 Å². The molecule has 8 heteroatoms. The molecule has 1 aromatic heterocycles. The molecule has 3 aromatic rings. The van der Waals surface area contributed by atoms with Gasteiger partial charge in [0.1, 0.15) is 0 Å². The van der Waals surface area contributed by atoms with Crippen LogP contribution in [0.15, 0.2) is 47.3 Å². The van der Waals surface area contributed by atoms with Crippen molar-refractivity contribution in [2.24, 2.45) is 0 Å². The molecule has 0 spiro atoms. The molecule has 1 heterocycles. The topological polar surface area (TPSA) is 70.1 Å². The normalized spacial score (nSPS) is 11.1. The van der Waals surface area contributed by atoms with E-state index in [-0.39, 0.29) is 16.2 Å². The van der Waals surface area contributed by atoms with E-state index in [0.717, 1.165) is 6.54 Å². The average molecular weight is 403 g/mol. The van der Waals surface area contributed by atoms with Gasteiger partial charge in [0.2, 0.25) is 0 Å². The van der Waals surface area contributed by atoms with Gasteiger partial charge in [-0.15, -0.1) is 0 Å². The largest absolute Gasteiger partial charge is 0.351 e. The van der Waals surface area contributed by atoms with Crippen molar-refractivity contribution < 1.29 is 4.79 Å². The van der Waals surface area contributed by atoms with Gasteiger partial charge in [-0.1, -0.05) is 17.7 Å². The number of aromatic nitrogens is 2. The quantitative estimate of drug-likeness (QED) is 0.644. The summed E-state index contributed by atoms with van der Waals surface area (Å²) in [5.41, 5.74) is 1.30. The highest BCUT2D eigenvalue weighted by Gasteiger charge is 2.11. The summed E-state index contributed by atoms with van der Waals surface area (Å²) in [4.78, 5) is 30.3. The van der Waals surface area contributed by atoms with Crippen LogP contribution in [-0.4, -0.2) is 47.5 Å². The molecule has 0 atom stereocenters. The zero-order valence-electron chi connectivity index (χ0n) is 15.0. The summed E-state index contributed by atoms with van der Waals surface area (Å²) in [6, 6.07) is 11.8. The molecule has 0 saturated carbocycles. The molecule has 0 aliphatic rings. The number of amides is 1. The number of benzene rings is 2. The van der Waals surface area contributed by atoms with Gasteiger partial charge < -0.3 is 15.2 Å². The number of rotatable bonds is 5. The summed E-state index contributed by atoms with van der Waals surface area (Å²) in [5.74, 6) is -0.200. The maximum Gasteiger partial charge on any atom is 0.266 e. The second-order valence-corrected chi connectivity index (χ2v) is 7.19. The van der Waals surface area contributed by atoms with Gasteiger partial charge in [0.25, 0.3) is 11.5 Å². The van der Waals surface area contributed by atoms with Gasteiger partial charge in [-0.2, -0.15) is 0 Å². The van der Waals surface area contributed by atoms with Gasteiger partial charge in [0.05, 0.1) is 16.6 Å². The zero-order chi connectivity index (χ0) is 19.6. The predicted molar refractivity (Wildman–Crippen MR) is 111 cm³/mol. The van der Waals surface area contributed by atoms with Crippen LogP contribution in [0.3, 0.4) is 0 Å². The van der Waals surface area contributed by atoms with E-state index in [2.05, 4.69) is 10.3 Å². The number of halogens is 1. The average Bonchev–Trinajstić information content (AvgIpc) is 2.61. The lowest BCUT2D eigenvalue weighted by atomic mass is 10.1. The second-order valence-electron chi connectivity index (χ2n) is 6.37. The van der Waals surface area contributed by atoms with E-state index in [1.807, 2.05) is 19.0 Å². The minimum atomic E-state index is -0.268. The number of carbonyl (C=O) groups excluding carboxylic acids is 1. The van der Waals surface area contributed by atoms with E-state index >= 15 is 0 Å². The third kappa shape index (κ3) is 4.27. The number of hydrogen-bond donors (Lipinski definition) is 2. The first-order chi connectivity index (χ1) is 12.9. The van der Waals surface area contributed by atoms with Crippen LogP contribution in [0, 0.1) is 4.77 Å². The lowest BCUT2D eigenvalue weighted by Gasteiger charge is -2.12. The molecule has 140 valence electrons. The Kier molecular flexibility index (Phi) is 5.74. The van der Waals surface area contributed by atoms with Crippen molar-refractivity contribution in [1.29, 1.82) is 0 Å². The first kappa shape index (κ1) is 19.3. The number of aromatic amines is 1. The van der Waals surface area contributed by atoms with Crippen molar-refractivity contribution in [3.8, 4) is 5.69 Å². The summed E-state index contributed by atoms with van der Waals surface area (Å²) < 4.78 is 1.61. The highest BCUT2D eigenvalue weighted by atomic mass is 35.5. The summed E-state index contributed by atoms with van der Waals surface area (Å²) >= 11 is 11.3. The summed E-state index contributed by atoms with van der Waals surface area (Å²) in [7, 11) is 3.88. The lowest BCUT2D eigenvalue weighted by molar-refractivity contribution is 0.0951. The van der Waals surface area contributed by atoms with Crippen LogP contribution in [-0.2, 0) is 0 Å². The summed E-state index contributed by atoms with van der Waals surface area (Å²) in [5, 5.41) is 3.84. The van der Waals surface area contributed by atoms with Crippen LogP contribution in [0.2, 0.25) is 5.02 Å². The minimum absolute atomic E-state index is 0.200. The van der Waals surface area contributed by atoms with E-state index in [1.54, 1.807) is 42.5 Å². The molecule has 27 heavy (non-hydrogen) atoms. The monoisotopic (exact) mass is 402 g/mol. The molecule has 2 N–H and O–H groups in total. The summed E-state index contributed by atoms with van der Waals surface area (Å²) in [6.07, 6.45) is 0. The van der Waals surface area contributed by atoms with E-state index in [9.17, 15) is 9.59 Å². The number of nitrogens with zero attached hydrogens (tertiary/aromatic N) is 2. The number of likely N-dealkylation sites (N-methyl/N-ethyl adjacent to an activating group) is 1. The minimum Gasteiger partial charge on any atom is -0.351 e. The number of hydrogen-bond acceptors (Lipinski definition) is 4. The molecule has 0 aliphatic heterocycles. The van der Waals surface area contributed by atoms with Crippen LogP contribution < -0.4 is 10.9 Å². The molecule has 2 aromatic carbocycles. The van der Waals surface area contributed by atoms with Crippen molar-refractivity contribution in [1.82, 2.24) is 19.8 Å². The molecule has 3 rings (SSSR count). The van der Waals surface area contributed by atoms with E-state index in [0.29, 0.717) is 33.7 Å². The maximum absolute atomic E-state index is 12.9. The lowest BCUT2D eigenvalue weighted by Crippen LogP contribution is -2.31. The van der Waals surface area contributed by atoms with Crippen molar-refractivity contribution in [2.75, 3.05) is 27.2 Å². The molecule has 6 nitrogen and oxygen atoms in total. The number of carbonyl (C=O) groups is 1. The van der Waals surface area contributed by atoms with Crippen LogP contribution in [0.4, 0.5) is 0 Å². The fourth-order valence-corrected chi connectivity index (χ4v) is 3.18. The Balaban J connectivity index is 2.00. The Morgan fingerprint density at radius 3 is 2.78 bits per heavy atom. The molecule has 0 unspecified atom stereocenters. The van der Waals surface area contributed by atoms with Crippen LogP contribution in [0.1, 0.15) is 10.4 Å². The van der Waals surface area contributed by atoms with E-state index in [4.69, 9.17) is 23.8 Å². The fraction of sp³-hybridized carbons (Fsp3) is 0.211. The molecule has 0 bridgehead atoms. The second kappa shape index (κ2) is 8.04. The van der Waals surface area contributed by atoms with Gasteiger partial charge in [-0.3, -0.25) is 14.2 Å². The third-order valence-corrected chi connectivity index (χ3v) is 4.59. The SMILES string of the molecule is CN(C)CCNC(=O)c1cccc(-n2c(=S)[nH]c3cc(Cl)ccc3c2=O)c1.